The van der Waals surface area contributed by atoms with Crippen LogP contribution in [0.2, 0.25) is 0 Å². The number of rotatable bonds is 6. The predicted molar refractivity (Wildman–Crippen MR) is 107 cm³/mol. The summed E-state index contributed by atoms with van der Waals surface area (Å²) in [6, 6.07) is 6.93. The zero-order chi connectivity index (χ0) is 18.5. The number of hydrogen-bond acceptors (Lipinski definition) is 4. The number of benzene rings is 1. The molecular weight excluding hydrogens is 348 g/mol. The first-order valence-electron chi connectivity index (χ1n) is 8.03. The van der Waals surface area contributed by atoms with Gasteiger partial charge in [0.1, 0.15) is 12.4 Å². The first kappa shape index (κ1) is 17.7. The van der Waals surface area contributed by atoms with Gasteiger partial charge in [-0.3, -0.25) is 4.79 Å². The van der Waals surface area contributed by atoms with Crippen molar-refractivity contribution in [1.82, 2.24) is 9.55 Å². The molecule has 0 aliphatic carbocycles. The van der Waals surface area contributed by atoms with Crippen molar-refractivity contribution in [2.75, 3.05) is 6.61 Å². The molecule has 0 bridgehead atoms. The fourth-order valence-electron chi connectivity index (χ4n) is 2.48. The van der Waals surface area contributed by atoms with Crippen LogP contribution >= 0.6 is 11.3 Å². The van der Waals surface area contributed by atoms with E-state index in [-0.39, 0.29) is 5.56 Å². The van der Waals surface area contributed by atoms with Crippen LogP contribution in [0.15, 0.2) is 81.1 Å². The van der Waals surface area contributed by atoms with Crippen LogP contribution in [0.1, 0.15) is 6.92 Å². The van der Waals surface area contributed by atoms with Gasteiger partial charge in [-0.2, -0.15) is 0 Å². The second kappa shape index (κ2) is 7.84. The zero-order valence-electron chi connectivity index (χ0n) is 14.3. The molecule has 0 aliphatic rings. The van der Waals surface area contributed by atoms with E-state index < -0.39 is 5.69 Å². The normalized spacial score (nSPS) is 12.0. The molecule has 1 N–H and O–H groups in total. The minimum absolute atomic E-state index is 0.342. The number of nitrogens with one attached hydrogen (secondary N) is 1. The van der Waals surface area contributed by atoms with Gasteiger partial charge in [0.25, 0.3) is 5.56 Å². The highest BCUT2D eigenvalue weighted by atomic mass is 32.1. The third-order valence-corrected chi connectivity index (χ3v) is 4.58. The molecule has 3 aromatic rings. The Kier molecular flexibility index (Phi) is 5.34. The Hall–Kier alpha value is -3.12. The SMILES string of the molecule is C=C/C=C\C(=C/C)COc1cccc(-n2c(=O)[nH]c3cscc3c2=O)c1. The van der Waals surface area contributed by atoms with Gasteiger partial charge in [-0.1, -0.05) is 36.9 Å². The third kappa shape index (κ3) is 3.60. The number of H-pyrrole nitrogens is 1. The number of ether oxygens (including phenoxy) is 1. The molecule has 6 heteroatoms. The minimum atomic E-state index is -0.471. The fourth-order valence-corrected chi connectivity index (χ4v) is 3.23. The largest absolute Gasteiger partial charge is 0.489 e. The average molecular weight is 366 g/mol. The van der Waals surface area contributed by atoms with Crippen molar-refractivity contribution in [3.8, 4) is 11.4 Å². The molecule has 2 heterocycles. The van der Waals surface area contributed by atoms with Crippen LogP contribution in [-0.4, -0.2) is 16.2 Å². The molecule has 0 spiro atoms. The Morgan fingerprint density at radius 1 is 1.35 bits per heavy atom. The third-order valence-electron chi connectivity index (χ3n) is 3.84. The molecule has 26 heavy (non-hydrogen) atoms. The lowest BCUT2D eigenvalue weighted by Gasteiger charge is -2.10. The Labute approximate surface area is 154 Å². The Morgan fingerprint density at radius 3 is 2.96 bits per heavy atom. The first-order chi connectivity index (χ1) is 12.6. The fraction of sp³-hybridized carbons (Fsp3) is 0.100. The van der Waals surface area contributed by atoms with Crippen LogP contribution in [0.5, 0.6) is 5.75 Å². The maximum atomic E-state index is 12.6. The number of hydrogen-bond donors (Lipinski definition) is 1. The molecule has 0 saturated carbocycles. The number of fused-ring (bicyclic) bond motifs is 1. The van der Waals surface area contributed by atoms with E-state index >= 15 is 0 Å². The van der Waals surface area contributed by atoms with Crippen molar-refractivity contribution in [2.45, 2.75) is 6.92 Å². The minimum Gasteiger partial charge on any atom is -0.489 e. The summed E-state index contributed by atoms with van der Waals surface area (Å²) in [5.74, 6) is 0.575. The van der Waals surface area contributed by atoms with Crippen LogP contribution in [0.25, 0.3) is 16.6 Å². The molecule has 0 saturated heterocycles. The summed E-state index contributed by atoms with van der Waals surface area (Å²) in [7, 11) is 0. The molecule has 1 aromatic carbocycles. The molecule has 132 valence electrons. The summed E-state index contributed by atoms with van der Waals surface area (Å²) in [6.07, 6.45) is 7.40. The molecular formula is C20H18N2O3S. The summed E-state index contributed by atoms with van der Waals surface area (Å²) in [4.78, 5) is 27.7. The van der Waals surface area contributed by atoms with Crippen molar-refractivity contribution in [1.29, 1.82) is 0 Å². The highest BCUT2D eigenvalue weighted by Gasteiger charge is 2.10. The van der Waals surface area contributed by atoms with Crippen LogP contribution in [0.4, 0.5) is 0 Å². The van der Waals surface area contributed by atoms with Gasteiger partial charge < -0.3 is 9.72 Å². The monoisotopic (exact) mass is 366 g/mol. The number of aromatic amines is 1. The Balaban J connectivity index is 1.93. The van der Waals surface area contributed by atoms with Crippen LogP contribution in [0.3, 0.4) is 0 Å². The summed E-state index contributed by atoms with van der Waals surface area (Å²) >= 11 is 1.38. The summed E-state index contributed by atoms with van der Waals surface area (Å²) in [5, 5.41) is 3.97. The summed E-state index contributed by atoms with van der Waals surface area (Å²) in [6.45, 7) is 5.95. The summed E-state index contributed by atoms with van der Waals surface area (Å²) < 4.78 is 6.91. The van der Waals surface area contributed by atoms with Gasteiger partial charge >= 0.3 is 5.69 Å². The Bertz CT molecular complexity index is 1120. The number of aromatic nitrogens is 2. The van der Waals surface area contributed by atoms with Gasteiger partial charge in [-0.05, 0) is 24.6 Å². The molecule has 0 unspecified atom stereocenters. The van der Waals surface area contributed by atoms with Crippen molar-refractivity contribution in [2.24, 2.45) is 0 Å². The molecule has 0 aliphatic heterocycles. The molecule has 2 aromatic heterocycles. The van der Waals surface area contributed by atoms with Gasteiger partial charge in [0.2, 0.25) is 0 Å². The number of allylic oxidation sites excluding steroid dienone is 3. The highest BCUT2D eigenvalue weighted by molar-refractivity contribution is 7.09. The second-order valence-corrected chi connectivity index (χ2v) is 6.26. The van der Waals surface area contributed by atoms with Crippen molar-refractivity contribution < 1.29 is 4.74 Å². The average Bonchev–Trinajstić information content (AvgIpc) is 3.11. The van der Waals surface area contributed by atoms with E-state index in [0.29, 0.717) is 28.9 Å². The van der Waals surface area contributed by atoms with E-state index in [1.807, 2.05) is 25.2 Å². The van der Waals surface area contributed by atoms with Gasteiger partial charge in [-0.25, -0.2) is 9.36 Å². The Morgan fingerprint density at radius 2 is 2.19 bits per heavy atom. The molecule has 0 fully saturated rings. The maximum absolute atomic E-state index is 12.6. The van der Waals surface area contributed by atoms with E-state index in [1.165, 1.54) is 11.3 Å². The lowest BCUT2D eigenvalue weighted by molar-refractivity contribution is 0.355. The molecule has 5 nitrogen and oxygen atoms in total. The van der Waals surface area contributed by atoms with E-state index in [2.05, 4.69) is 11.6 Å². The van der Waals surface area contributed by atoms with Gasteiger partial charge in [0.15, 0.2) is 0 Å². The topological polar surface area (TPSA) is 64.1 Å². The number of thiophene rings is 1. The van der Waals surface area contributed by atoms with Crippen molar-refractivity contribution in [3.05, 3.63) is 92.3 Å². The second-order valence-electron chi connectivity index (χ2n) is 5.51. The predicted octanol–water partition coefficient (Wildman–Crippen LogP) is 3.81. The van der Waals surface area contributed by atoms with Gasteiger partial charge in [0.05, 0.1) is 16.6 Å². The molecule has 0 radical (unpaired) electrons. The van der Waals surface area contributed by atoms with Gasteiger partial charge in [0, 0.05) is 16.8 Å². The molecule has 3 rings (SSSR count). The van der Waals surface area contributed by atoms with E-state index in [1.54, 1.807) is 41.1 Å². The lowest BCUT2D eigenvalue weighted by atomic mass is 10.2. The van der Waals surface area contributed by atoms with Crippen LogP contribution < -0.4 is 16.0 Å². The maximum Gasteiger partial charge on any atom is 0.333 e. The quantitative estimate of drug-likeness (QED) is 0.675. The molecule has 0 amide bonds. The van der Waals surface area contributed by atoms with Crippen LogP contribution in [0, 0.1) is 0 Å². The first-order valence-corrected chi connectivity index (χ1v) is 8.97. The standard InChI is InChI=1S/C20H18N2O3S/c1-3-5-7-14(4-2)11-25-16-9-6-8-15(10-16)22-19(23)17-12-26-13-18(17)21-20(22)24/h3-10,12-13H,1,11H2,2H3,(H,21,24)/b7-5-,14-4+. The highest BCUT2D eigenvalue weighted by Crippen LogP contribution is 2.17. The zero-order valence-corrected chi connectivity index (χ0v) is 15.1. The van der Waals surface area contributed by atoms with Crippen molar-refractivity contribution in [3.63, 3.8) is 0 Å². The summed E-state index contributed by atoms with van der Waals surface area (Å²) in [5.41, 5.74) is 1.20. The van der Waals surface area contributed by atoms with E-state index in [0.717, 1.165) is 10.1 Å². The van der Waals surface area contributed by atoms with Crippen LogP contribution in [-0.2, 0) is 0 Å². The smallest absolute Gasteiger partial charge is 0.333 e. The number of nitrogens with zero attached hydrogens (tertiary/aromatic N) is 1. The van der Waals surface area contributed by atoms with Crippen molar-refractivity contribution >= 4 is 22.2 Å². The molecule has 0 atom stereocenters. The van der Waals surface area contributed by atoms with E-state index in [9.17, 15) is 9.59 Å². The lowest BCUT2D eigenvalue weighted by Crippen LogP contribution is -2.33. The van der Waals surface area contributed by atoms with Gasteiger partial charge in [-0.15, -0.1) is 11.3 Å². The van der Waals surface area contributed by atoms with E-state index in [4.69, 9.17) is 4.74 Å².